The minimum atomic E-state index is -0.701. The first kappa shape index (κ1) is 42.2. The van der Waals surface area contributed by atoms with E-state index in [0.29, 0.717) is 46.1 Å². The standard InChI is InChI=1S/C36H64N4O10/c1-36(2,3)40-29(35(44)39-19-25-50-33-12-6-9-22-47-33)15-14-28(41)26-27(34(43)38-18-24-49-32-11-5-8-21-46-32)13-16-30(42)37-17-23-48-31-10-4-7-20-45-31/h27,29,31-33,40H,4-26H2,1-3H3,(H,37,42)(H,38,43)(H,39,44). The Morgan fingerprint density at radius 1 is 0.640 bits per heavy atom. The van der Waals surface area contributed by atoms with Gasteiger partial charge in [0.15, 0.2) is 18.9 Å². The largest absolute Gasteiger partial charge is 0.354 e. The van der Waals surface area contributed by atoms with Gasteiger partial charge in [0, 0.05) is 70.2 Å². The van der Waals surface area contributed by atoms with Gasteiger partial charge in [-0.3, -0.25) is 19.2 Å². The summed E-state index contributed by atoms with van der Waals surface area (Å²) in [6.45, 7) is 9.82. The Hall–Kier alpha value is -2.20. The van der Waals surface area contributed by atoms with Crippen molar-refractivity contribution in [2.75, 3.05) is 59.3 Å². The zero-order valence-electron chi connectivity index (χ0n) is 30.7. The smallest absolute Gasteiger partial charge is 0.237 e. The molecule has 0 aromatic rings. The number of hydrogen-bond acceptors (Lipinski definition) is 11. The molecule has 5 atom stereocenters. The number of carbonyl (C=O) groups excluding carboxylic acids is 4. The fourth-order valence-electron chi connectivity index (χ4n) is 6.10. The van der Waals surface area contributed by atoms with Crippen LogP contribution in [0.15, 0.2) is 0 Å². The van der Waals surface area contributed by atoms with E-state index in [1.165, 1.54) is 0 Å². The van der Waals surface area contributed by atoms with Crippen molar-refractivity contribution in [1.29, 1.82) is 0 Å². The summed E-state index contributed by atoms with van der Waals surface area (Å²) in [5.41, 5.74) is -0.369. The third kappa shape index (κ3) is 18.9. The molecule has 4 N–H and O–H groups in total. The third-order valence-corrected chi connectivity index (χ3v) is 8.75. The molecule has 14 heteroatoms. The molecule has 3 aliphatic heterocycles. The van der Waals surface area contributed by atoms with Gasteiger partial charge in [0.2, 0.25) is 17.7 Å². The molecule has 288 valence electrons. The minimum Gasteiger partial charge on any atom is -0.354 e. The second-order valence-electron chi connectivity index (χ2n) is 14.4. The number of amides is 3. The lowest BCUT2D eigenvalue weighted by Gasteiger charge is -2.28. The van der Waals surface area contributed by atoms with Crippen LogP contribution in [0.25, 0.3) is 0 Å². The molecule has 0 aromatic heterocycles. The Bertz CT molecular complexity index is 992. The molecular weight excluding hydrogens is 648 g/mol. The van der Waals surface area contributed by atoms with Crippen molar-refractivity contribution >= 4 is 23.5 Å². The molecule has 0 spiro atoms. The second-order valence-corrected chi connectivity index (χ2v) is 14.4. The highest BCUT2D eigenvalue weighted by Crippen LogP contribution is 2.18. The van der Waals surface area contributed by atoms with Crippen LogP contribution in [0.2, 0.25) is 0 Å². The Balaban J connectivity index is 1.46. The Morgan fingerprint density at radius 3 is 1.58 bits per heavy atom. The van der Waals surface area contributed by atoms with Crippen molar-refractivity contribution in [1.82, 2.24) is 21.3 Å². The maximum atomic E-state index is 13.3. The van der Waals surface area contributed by atoms with Gasteiger partial charge >= 0.3 is 0 Å². The van der Waals surface area contributed by atoms with Crippen LogP contribution in [-0.2, 0) is 47.6 Å². The summed E-state index contributed by atoms with van der Waals surface area (Å²) in [7, 11) is 0. The maximum absolute atomic E-state index is 13.3. The molecule has 3 saturated heterocycles. The molecule has 0 radical (unpaired) electrons. The van der Waals surface area contributed by atoms with Gasteiger partial charge in [-0.1, -0.05) is 0 Å². The van der Waals surface area contributed by atoms with Gasteiger partial charge in [-0.25, -0.2) is 0 Å². The van der Waals surface area contributed by atoms with Crippen LogP contribution in [0.3, 0.4) is 0 Å². The molecule has 0 aliphatic carbocycles. The average Bonchev–Trinajstić information content (AvgIpc) is 3.11. The van der Waals surface area contributed by atoms with Crippen molar-refractivity contribution < 1.29 is 47.6 Å². The van der Waals surface area contributed by atoms with E-state index in [0.717, 1.165) is 57.8 Å². The second kappa shape index (κ2) is 24.1. The topological polar surface area (TPSA) is 172 Å². The van der Waals surface area contributed by atoms with Crippen LogP contribution >= 0.6 is 0 Å². The van der Waals surface area contributed by atoms with Crippen LogP contribution in [-0.4, -0.2) is 113 Å². The molecular formula is C36H64N4O10. The molecule has 3 rings (SSSR count). The van der Waals surface area contributed by atoms with E-state index in [-0.39, 0.29) is 93.2 Å². The molecule has 5 unspecified atom stereocenters. The molecule has 0 saturated carbocycles. The Labute approximate surface area is 298 Å². The van der Waals surface area contributed by atoms with Crippen molar-refractivity contribution in [2.45, 2.75) is 141 Å². The maximum Gasteiger partial charge on any atom is 0.237 e. The van der Waals surface area contributed by atoms with Crippen molar-refractivity contribution in [3.63, 3.8) is 0 Å². The van der Waals surface area contributed by atoms with E-state index in [2.05, 4.69) is 21.3 Å². The summed E-state index contributed by atoms with van der Waals surface area (Å²) in [4.78, 5) is 52.3. The first-order valence-electron chi connectivity index (χ1n) is 18.9. The summed E-state index contributed by atoms with van der Waals surface area (Å²) >= 11 is 0. The molecule has 50 heavy (non-hydrogen) atoms. The summed E-state index contributed by atoms with van der Waals surface area (Å²) in [6, 6.07) is -0.608. The zero-order valence-corrected chi connectivity index (χ0v) is 30.7. The lowest BCUT2D eigenvalue weighted by atomic mass is 9.93. The van der Waals surface area contributed by atoms with Gasteiger partial charge < -0.3 is 49.7 Å². The lowest BCUT2D eigenvalue weighted by Crippen LogP contribution is -2.52. The molecule has 3 fully saturated rings. The summed E-state index contributed by atoms with van der Waals surface area (Å²) < 4.78 is 33.9. The number of Topliss-reactive ketones (excluding diaryl/α,β-unsaturated/α-hetero) is 1. The highest BCUT2D eigenvalue weighted by atomic mass is 16.7. The molecule has 3 aliphatic rings. The normalized spacial score (nSPS) is 22.7. The van der Waals surface area contributed by atoms with Gasteiger partial charge in [-0.05, 0) is 91.4 Å². The zero-order chi connectivity index (χ0) is 36.0. The molecule has 14 nitrogen and oxygen atoms in total. The predicted octanol–water partition coefficient (Wildman–Crippen LogP) is 2.86. The summed E-state index contributed by atoms with van der Waals surface area (Å²) in [5, 5.41) is 11.9. The number of ether oxygens (including phenoxy) is 6. The summed E-state index contributed by atoms with van der Waals surface area (Å²) in [5.74, 6) is -1.59. The monoisotopic (exact) mass is 712 g/mol. The van der Waals surface area contributed by atoms with Crippen molar-refractivity contribution in [3.05, 3.63) is 0 Å². The van der Waals surface area contributed by atoms with Crippen LogP contribution in [0, 0.1) is 5.92 Å². The van der Waals surface area contributed by atoms with Gasteiger partial charge in [-0.15, -0.1) is 0 Å². The highest BCUT2D eigenvalue weighted by molar-refractivity contribution is 5.88. The molecule has 0 aromatic carbocycles. The van der Waals surface area contributed by atoms with E-state index in [1.807, 2.05) is 20.8 Å². The summed E-state index contributed by atoms with van der Waals surface area (Å²) in [6.07, 6.45) is 8.68. The lowest BCUT2D eigenvalue weighted by molar-refractivity contribution is -0.162. The third-order valence-electron chi connectivity index (χ3n) is 8.75. The average molecular weight is 713 g/mol. The van der Waals surface area contributed by atoms with E-state index < -0.39 is 12.0 Å². The van der Waals surface area contributed by atoms with E-state index in [4.69, 9.17) is 28.4 Å². The Morgan fingerprint density at radius 2 is 1.12 bits per heavy atom. The van der Waals surface area contributed by atoms with Crippen LogP contribution in [0.5, 0.6) is 0 Å². The fraction of sp³-hybridized carbons (Fsp3) is 0.889. The number of rotatable bonds is 23. The van der Waals surface area contributed by atoms with Crippen molar-refractivity contribution in [2.24, 2.45) is 5.92 Å². The molecule has 0 bridgehead atoms. The quantitative estimate of drug-likeness (QED) is 0.115. The fourth-order valence-corrected chi connectivity index (χ4v) is 6.10. The Kier molecular flexibility index (Phi) is 20.4. The van der Waals surface area contributed by atoms with Crippen LogP contribution < -0.4 is 21.3 Å². The number of hydrogen-bond donors (Lipinski definition) is 4. The van der Waals surface area contributed by atoms with Crippen LogP contribution in [0.1, 0.15) is 111 Å². The highest BCUT2D eigenvalue weighted by Gasteiger charge is 2.27. The number of nitrogens with one attached hydrogen (secondary N) is 4. The van der Waals surface area contributed by atoms with Gasteiger partial charge in [0.25, 0.3) is 0 Å². The SMILES string of the molecule is CC(C)(C)NC(CCC(=O)CC(CCC(=O)NCCOC1CCCCO1)C(=O)NCCOC1CCCCO1)C(=O)NCCOC1CCCCO1. The van der Waals surface area contributed by atoms with Gasteiger partial charge in [0.05, 0.1) is 25.9 Å². The number of ketones is 1. The van der Waals surface area contributed by atoms with Crippen molar-refractivity contribution in [3.8, 4) is 0 Å². The van der Waals surface area contributed by atoms with E-state index in [9.17, 15) is 19.2 Å². The number of carbonyl (C=O) groups is 4. The predicted molar refractivity (Wildman–Crippen MR) is 186 cm³/mol. The molecule has 3 amide bonds. The van der Waals surface area contributed by atoms with E-state index in [1.54, 1.807) is 0 Å². The van der Waals surface area contributed by atoms with Crippen LogP contribution in [0.4, 0.5) is 0 Å². The van der Waals surface area contributed by atoms with Gasteiger partial charge in [-0.2, -0.15) is 0 Å². The van der Waals surface area contributed by atoms with E-state index >= 15 is 0 Å². The first-order valence-corrected chi connectivity index (χ1v) is 18.9. The minimum absolute atomic E-state index is 0.0348. The first-order chi connectivity index (χ1) is 24.1. The molecule has 3 heterocycles. The van der Waals surface area contributed by atoms with Gasteiger partial charge in [0.1, 0.15) is 5.78 Å².